The molecule has 9 nitrogen and oxygen atoms in total. The molecular weight excluding hydrogens is 432 g/mol. The molecule has 2 aliphatic heterocycles. The van der Waals surface area contributed by atoms with E-state index in [1.165, 1.54) is 0 Å². The Morgan fingerprint density at radius 2 is 2.00 bits per heavy atom. The number of nitrogens with one attached hydrogen (secondary N) is 2. The highest BCUT2D eigenvalue weighted by Gasteiger charge is 2.42. The average Bonchev–Trinajstić information content (AvgIpc) is 2.80. The normalized spacial score (nSPS) is 26.6. The van der Waals surface area contributed by atoms with Gasteiger partial charge >= 0.3 is 0 Å². The predicted octanol–water partition coefficient (Wildman–Crippen LogP) is 0.442. The highest BCUT2D eigenvalue weighted by Crippen LogP contribution is 2.32. The van der Waals surface area contributed by atoms with Gasteiger partial charge in [-0.05, 0) is 30.9 Å². The van der Waals surface area contributed by atoms with E-state index in [1.807, 2.05) is 11.0 Å². The van der Waals surface area contributed by atoms with E-state index in [1.54, 1.807) is 24.1 Å². The fourth-order valence-corrected chi connectivity index (χ4v) is 5.13. The maximum Gasteiger partial charge on any atom is 0.239 e. The molecule has 0 aromatic carbocycles. The van der Waals surface area contributed by atoms with Gasteiger partial charge in [-0.25, -0.2) is 4.98 Å². The Balaban J connectivity index is 1.28. The Morgan fingerprint density at radius 1 is 1.22 bits per heavy atom. The smallest absolute Gasteiger partial charge is 0.239 e. The van der Waals surface area contributed by atoms with Crippen molar-refractivity contribution in [1.29, 1.82) is 0 Å². The Hall–Kier alpha value is -2.23. The largest absolute Gasteiger partial charge is 0.350 e. The molecule has 3 fully saturated rings. The molecule has 3 aliphatic rings. The fraction of sp³-hybridized carbons (Fsp3) is 0.636. The molecule has 2 saturated heterocycles. The van der Waals surface area contributed by atoms with Crippen molar-refractivity contribution in [3.8, 4) is 0 Å². The summed E-state index contributed by atoms with van der Waals surface area (Å²) < 4.78 is 0. The molecule has 174 valence electrons. The van der Waals surface area contributed by atoms with E-state index in [4.69, 9.17) is 11.6 Å². The quantitative estimate of drug-likeness (QED) is 0.616. The Kier molecular flexibility index (Phi) is 7.27. The van der Waals surface area contributed by atoms with Crippen LogP contribution < -0.4 is 10.6 Å². The predicted molar refractivity (Wildman–Crippen MR) is 120 cm³/mol. The SMILES string of the molecule is CC(=O)N1CCN(C2CCC3NCN(CC(=O)NCc4ccc(Cl)nc4)C(=O)C3C2)CC1. The van der Waals surface area contributed by atoms with Crippen molar-refractivity contribution in [2.45, 2.75) is 44.8 Å². The van der Waals surface area contributed by atoms with E-state index in [2.05, 4.69) is 20.5 Å². The van der Waals surface area contributed by atoms with Crippen LogP contribution in [0, 0.1) is 5.92 Å². The first kappa shape index (κ1) is 22.9. The summed E-state index contributed by atoms with van der Waals surface area (Å²) in [5.41, 5.74) is 0.853. The number of nitrogens with zero attached hydrogens (tertiary/aromatic N) is 4. The minimum atomic E-state index is -0.193. The lowest BCUT2D eigenvalue weighted by Gasteiger charge is -2.47. The molecule has 10 heteroatoms. The second-order valence-corrected chi connectivity index (χ2v) is 9.27. The molecule has 2 N–H and O–H groups in total. The van der Waals surface area contributed by atoms with E-state index in [0.29, 0.717) is 24.4 Å². The molecule has 0 bridgehead atoms. The van der Waals surface area contributed by atoms with Crippen molar-refractivity contribution in [3.63, 3.8) is 0 Å². The van der Waals surface area contributed by atoms with Gasteiger partial charge in [0.05, 0.1) is 12.6 Å². The molecule has 3 heterocycles. The topological polar surface area (TPSA) is 97.9 Å². The Morgan fingerprint density at radius 3 is 2.69 bits per heavy atom. The van der Waals surface area contributed by atoms with Crippen LogP contribution in [0.1, 0.15) is 31.7 Å². The number of aromatic nitrogens is 1. The van der Waals surface area contributed by atoms with Gasteiger partial charge in [-0.1, -0.05) is 17.7 Å². The van der Waals surface area contributed by atoms with E-state index in [-0.39, 0.29) is 36.2 Å². The highest BCUT2D eigenvalue weighted by atomic mass is 35.5. The zero-order valence-corrected chi connectivity index (χ0v) is 19.2. The molecule has 1 aromatic heterocycles. The van der Waals surface area contributed by atoms with Crippen molar-refractivity contribution in [1.82, 2.24) is 30.3 Å². The number of halogens is 1. The van der Waals surface area contributed by atoms with E-state index < -0.39 is 0 Å². The summed E-state index contributed by atoms with van der Waals surface area (Å²) in [6.07, 6.45) is 4.43. The van der Waals surface area contributed by atoms with Crippen LogP contribution in [0.4, 0.5) is 0 Å². The molecule has 0 spiro atoms. The van der Waals surface area contributed by atoms with Crippen LogP contribution in [0.5, 0.6) is 0 Å². The van der Waals surface area contributed by atoms with Gasteiger partial charge < -0.3 is 15.1 Å². The molecule has 1 saturated carbocycles. The van der Waals surface area contributed by atoms with Crippen LogP contribution in [0.2, 0.25) is 5.15 Å². The van der Waals surface area contributed by atoms with Gasteiger partial charge in [0, 0.05) is 57.9 Å². The van der Waals surface area contributed by atoms with Gasteiger partial charge in [-0.2, -0.15) is 0 Å². The zero-order chi connectivity index (χ0) is 22.7. The van der Waals surface area contributed by atoms with Crippen molar-refractivity contribution < 1.29 is 14.4 Å². The third kappa shape index (κ3) is 5.39. The summed E-state index contributed by atoms with van der Waals surface area (Å²) >= 11 is 5.79. The maximum absolute atomic E-state index is 13.2. The summed E-state index contributed by atoms with van der Waals surface area (Å²) in [6.45, 7) is 5.62. The van der Waals surface area contributed by atoms with Gasteiger partial charge in [0.1, 0.15) is 11.7 Å². The molecule has 3 amide bonds. The first-order valence-electron chi connectivity index (χ1n) is 11.3. The fourth-order valence-electron chi connectivity index (χ4n) is 5.01. The lowest BCUT2D eigenvalue weighted by Crippen LogP contribution is -2.62. The van der Waals surface area contributed by atoms with Gasteiger partial charge in [-0.3, -0.25) is 24.6 Å². The summed E-state index contributed by atoms with van der Waals surface area (Å²) in [5.74, 6) is -0.117. The highest BCUT2D eigenvalue weighted by molar-refractivity contribution is 6.29. The summed E-state index contributed by atoms with van der Waals surface area (Å²) in [5, 5.41) is 6.72. The van der Waals surface area contributed by atoms with Gasteiger partial charge in [0.25, 0.3) is 0 Å². The average molecular weight is 463 g/mol. The third-order valence-electron chi connectivity index (χ3n) is 6.88. The van der Waals surface area contributed by atoms with Crippen LogP contribution >= 0.6 is 11.6 Å². The van der Waals surface area contributed by atoms with Crippen molar-refractivity contribution in [2.75, 3.05) is 39.4 Å². The number of amides is 3. The van der Waals surface area contributed by atoms with Crippen molar-refractivity contribution >= 4 is 29.3 Å². The minimum Gasteiger partial charge on any atom is -0.350 e. The summed E-state index contributed by atoms with van der Waals surface area (Å²) in [6, 6.07) is 4.02. The molecular formula is C22H31ClN6O3. The molecule has 3 unspecified atom stereocenters. The summed E-state index contributed by atoms with van der Waals surface area (Å²) in [4.78, 5) is 47.1. The van der Waals surface area contributed by atoms with Crippen LogP contribution in [0.25, 0.3) is 0 Å². The second kappa shape index (κ2) is 10.1. The van der Waals surface area contributed by atoms with Gasteiger partial charge in [0.2, 0.25) is 17.7 Å². The number of fused-ring (bicyclic) bond motifs is 1. The Labute approximate surface area is 193 Å². The molecule has 1 aromatic rings. The number of carbonyl (C=O) groups is 3. The van der Waals surface area contributed by atoms with E-state index in [0.717, 1.165) is 51.0 Å². The number of hydrogen-bond donors (Lipinski definition) is 2. The van der Waals surface area contributed by atoms with Gasteiger partial charge in [-0.15, -0.1) is 0 Å². The number of carbonyl (C=O) groups excluding carboxylic acids is 3. The van der Waals surface area contributed by atoms with E-state index in [9.17, 15) is 14.4 Å². The second-order valence-electron chi connectivity index (χ2n) is 8.89. The van der Waals surface area contributed by atoms with E-state index >= 15 is 0 Å². The Bertz CT molecular complexity index is 843. The standard InChI is InChI=1S/C22H31ClN6O3/c1-15(30)27-6-8-28(9-7-27)17-3-4-19-18(10-17)22(32)29(14-26-19)13-21(31)25-12-16-2-5-20(23)24-11-16/h2,5,11,17-19,26H,3-4,6-10,12-14H2,1H3,(H,25,31). The number of pyridine rings is 1. The maximum atomic E-state index is 13.2. The van der Waals surface area contributed by atoms with Crippen molar-refractivity contribution in [2.24, 2.45) is 5.92 Å². The molecule has 32 heavy (non-hydrogen) atoms. The van der Waals surface area contributed by atoms with Crippen LogP contribution in [0.3, 0.4) is 0 Å². The van der Waals surface area contributed by atoms with Gasteiger partial charge in [0.15, 0.2) is 0 Å². The minimum absolute atomic E-state index is 0.0397. The van der Waals surface area contributed by atoms with Crippen LogP contribution in [0.15, 0.2) is 18.3 Å². The first-order valence-corrected chi connectivity index (χ1v) is 11.7. The summed E-state index contributed by atoms with van der Waals surface area (Å²) in [7, 11) is 0. The number of rotatable bonds is 5. The number of piperazine rings is 1. The first-order chi connectivity index (χ1) is 15.4. The molecule has 0 radical (unpaired) electrons. The molecule has 1 aliphatic carbocycles. The molecule has 3 atom stereocenters. The lowest BCUT2D eigenvalue weighted by atomic mass is 9.79. The van der Waals surface area contributed by atoms with Crippen LogP contribution in [-0.2, 0) is 20.9 Å². The monoisotopic (exact) mass is 462 g/mol. The third-order valence-corrected chi connectivity index (χ3v) is 7.11. The van der Waals surface area contributed by atoms with Crippen molar-refractivity contribution in [3.05, 3.63) is 29.0 Å². The zero-order valence-electron chi connectivity index (χ0n) is 18.4. The molecule has 4 rings (SSSR count). The van der Waals surface area contributed by atoms with Crippen LogP contribution in [-0.4, -0.2) is 88.9 Å². The lowest BCUT2D eigenvalue weighted by molar-refractivity contribution is -0.146. The number of hydrogen-bond acceptors (Lipinski definition) is 6.